The van der Waals surface area contributed by atoms with Gasteiger partial charge in [-0.15, -0.1) is 11.3 Å². The number of aromatic nitrogens is 3. The van der Waals surface area contributed by atoms with Crippen LogP contribution in [0.2, 0.25) is 0 Å². The molecule has 0 aromatic carbocycles. The highest BCUT2D eigenvalue weighted by atomic mass is 32.1. The molecule has 29 heavy (non-hydrogen) atoms. The third-order valence-electron chi connectivity index (χ3n) is 6.18. The summed E-state index contributed by atoms with van der Waals surface area (Å²) in [5, 5.41) is 1.19. The van der Waals surface area contributed by atoms with Crippen molar-refractivity contribution in [2.24, 2.45) is 17.6 Å². The van der Waals surface area contributed by atoms with Crippen molar-refractivity contribution in [3.05, 3.63) is 35.0 Å². The number of nitrogens with two attached hydrogens (primary N) is 1. The zero-order chi connectivity index (χ0) is 20.0. The smallest absolute Gasteiger partial charge is 0.222 e. The van der Waals surface area contributed by atoms with Gasteiger partial charge in [-0.25, -0.2) is 9.97 Å². The SMILES string of the molecule is C[C@H]1CCc2c(sc3nc(-c4cccnc4)nc(N4CCC[C@H](C(N)=O)C4)c23)C1. The molecule has 1 amide bonds. The number of rotatable bonds is 3. The van der Waals surface area contributed by atoms with E-state index in [1.807, 2.05) is 29.7 Å². The van der Waals surface area contributed by atoms with Crippen LogP contribution in [0.25, 0.3) is 21.6 Å². The van der Waals surface area contributed by atoms with E-state index in [-0.39, 0.29) is 11.8 Å². The van der Waals surface area contributed by atoms with Gasteiger partial charge in [0, 0.05) is 35.9 Å². The fourth-order valence-corrected chi connectivity index (χ4v) is 5.96. The number of hydrogen-bond acceptors (Lipinski definition) is 6. The predicted molar refractivity (Wildman–Crippen MR) is 116 cm³/mol. The lowest BCUT2D eigenvalue weighted by Crippen LogP contribution is -2.41. The predicted octanol–water partition coefficient (Wildman–Crippen LogP) is 3.58. The highest BCUT2D eigenvalue weighted by Gasteiger charge is 2.30. The van der Waals surface area contributed by atoms with E-state index in [1.165, 1.54) is 22.2 Å². The van der Waals surface area contributed by atoms with Crippen molar-refractivity contribution in [2.45, 2.75) is 39.0 Å². The van der Waals surface area contributed by atoms with Gasteiger partial charge in [-0.2, -0.15) is 0 Å². The molecule has 0 unspecified atom stereocenters. The molecule has 1 saturated heterocycles. The second kappa shape index (κ2) is 7.37. The van der Waals surface area contributed by atoms with Gasteiger partial charge >= 0.3 is 0 Å². The molecule has 4 heterocycles. The van der Waals surface area contributed by atoms with Crippen LogP contribution in [0.4, 0.5) is 5.82 Å². The maximum absolute atomic E-state index is 11.9. The summed E-state index contributed by atoms with van der Waals surface area (Å²) in [7, 11) is 0. The van der Waals surface area contributed by atoms with Crippen LogP contribution in [-0.4, -0.2) is 33.9 Å². The molecule has 6 nitrogen and oxygen atoms in total. The van der Waals surface area contributed by atoms with Gasteiger partial charge in [0.1, 0.15) is 10.6 Å². The Hall–Kier alpha value is -2.54. The van der Waals surface area contributed by atoms with E-state index in [9.17, 15) is 4.79 Å². The normalized spacial score (nSPS) is 21.9. The van der Waals surface area contributed by atoms with E-state index >= 15 is 0 Å². The molecule has 1 aliphatic carbocycles. The number of carbonyl (C=O) groups is 1. The van der Waals surface area contributed by atoms with Crippen molar-refractivity contribution >= 4 is 33.3 Å². The Morgan fingerprint density at radius 1 is 1.31 bits per heavy atom. The number of anilines is 1. The first kappa shape index (κ1) is 18.5. The molecule has 0 saturated carbocycles. The molecule has 2 N–H and O–H groups in total. The second-order valence-electron chi connectivity index (χ2n) is 8.33. The molecule has 0 radical (unpaired) electrons. The van der Waals surface area contributed by atoms with Gasteiger partial charge in [0.15, 0.2) is 5.82 Å². The largest absolute Gasteiger partial charge is 0.369 e. The monoisotopic (exact) mass is 407 g/mol. The number of pyridine rings is 1. The highest BCUT2D eigenvalue weighted by molar-refractivity contribution is 7.19. The minimum Gasteiger partial charge on any atom is -0.369 e. The fraction of sp³-hybridized carbons (Fsp3) is 0.455. The van der Waals surface area contributed by atoms with Crippen LogP contribution >= 0.6 is 11.3 Å². The van der Waals surface area contributed by atoms with Crippen molar-refractivity contribution in [3.8, 4) is 11.4 Å². The molecule has 3 aromatic rings. The molecule has 0 bridgehead atoms. The first-order valence-corrected chi connectivity index (χ1v) is 11.2. The van der Waals surface area contributed by atoms with Crippen molar-refractivity contribution in [1.82, 2.24) is 15.0 Å². The van der Waals surface area contributed by atoms with Crippen molar-refractivity contribution in [1.29, 1.82) is 0 Å². The Labute approximate surface area is 174 Å². The standard InChI is InChI=1S/C22H25N5OS/c1-13-6-7-16-17(10-13)29-22-18(16)21(27-9-3-5-15(12-27)19(23)28)25-20(26-22)14-4-2-8-24-11-14/h2,4,8,11,13,15H,3,5-7,9-10,12H2,1H3,(H2,23,28)/t13-,15-/m0/s1. The number of aryl methyl sites for hydroxylation is 1. The Balaban J connectivity index is 1.68. The summed E-state index contributed by atoms with van der Waals surface area (Å²) in [6.45, 7) is 3.85. The summed E-state index contributed by atoms with van der Waals surface area (Å²) >= 11 is 1.81. The molecule has 2 atom stereocenters. The number of amides is 1. The Bertz CT molecular complexity index is 1060. The maximum atomic E-state index is 11.9. The Morgan fingerprint density at radius 3 is 3.00 bits per heavy atom. The molecule has 150 valence electrons. The number of thiophene rings is 1. The van der Waals surface area contributed by atoms with E-state index in [0.29, 0.717) is 18.3 Å². The molecule has 5 rings (SSSR count). The quantitative estimate of drug-likeness (QED) is 0.717. The first-order valence-electron chi connectivity index (χ1n) is 10.4. The van der Waals surface area contributed by atoms with Crippen LogP contribution in [0.3, 0.4) is 0 Å². The van der Waals surface area contributed by atoms with E-state index in [0.717, 1.165) is 48.4 Å². The number of piperidine rings is 1. The minimum atomic E-state index is -0.214. The van der Waals surface area contributed by atoms with Gasteiger partial charge in [-0.05, 0) is 55.7 Å². The van der Waals surface area contributed by atoms with Gasteiger partial charge in [-0.1, -0.05) is 6.92 Å². The topological polar surface area (TPSA) is 85.0 Å². The lowest BCUT2D eigenvalue weighted by molar-refractivity contribution is -0.122. The van der Waals surface area contributed by atoms with Crippen molar-refractivity contribution in [2.75, 3.05) is 18.0 Å². The van der Waals surface area contributed by atoms with Gasteiger partial charge in [0.05, 0.1) is 11.3 Å². The second-order valence-corrected chi connectivity index (χ2v) is 9.42. The van der Waals surface area contributed by atoms with Crippen LogP contribution in [-0.2, 0) is 17.6 Å². The maximum Gasteiger partial charge on any atom is 0.222 e. The molecule has 7 heteroatoms. The Morgan fingerprint density at radius 2 is 2.21 bits per heavy atom. The lowest BCUT2D eigenvalue weighted by atomic mass is 9.89. The molecular weight excluding hydrogens is 382 g/mol. The number of fused-ring (bicyclic) bond motifs is 3. The van der Waals surface area contributed by atoms with E-state index < -0.39 is 0 Å². The van der Waals surface area contributed by atoms with Crippen LogP contribution in [0.1, 0.15) is 36.6 Å². The minimum absolute atomic E-state index is 0.120. The summed E-state index contributed by atoms with van der Waals surface area (Å²) in [5.41, 5.74) is 7.97. The van der Waals surface area contributed by atoms with Crippen LogP contribution in [0.15, 0.2) is 24.5 Å². The zero-order valence-corrected chi connectivity index (χ0v) is 17.4. The number of carbonyl (C=O) groups excluding carboxylic acids is 1. The van der Waals surface area contributed by atoms with Crippen molar-refractivity contribution in [3.63, 3.8) is 0 Å². The molecule has 1 fully saturated rings. The average molecular weight is 408 g/mol. The Kier molecular flexibility index (Phi) is 4.70. The van der Waals surface area contributed by atoms with Crippen LogP contribution in [0.5, 0.6) is 0 Å². The third-order valence-corrected chi connectivity index (χ3v) is 7.33. The van der Waals surface area contributed by atoms with Gasteiger partial charge in [-0.3, -0.25) is 9.78 Å². The van der Waals surface area contributed by atoms with E-state index in [2.05, 4.69) is 16.8 Å². The molecule has 0 spiro atoms. The first-order chi connectivity index (χ1) is 14.1. The van der Waals surface area contributed by atoms with E-state index in [1.54, 1.807) is 6.20 Å². The summed E-state index contributed by atoms with van der Waals surface area (Å²) in [4.78, 5) is 30.8. The van der Waals surface area contributed by atoms with Crippen LogP contribution in [0, 0.1) is 11.8 Å². The number of nitrogens with zero attached hydrogens (tertiary/aromatic N) is 4. The lowest BCUT2D eigenvalue weighted by Gasteiger charge is -2.33. The van der Waals surface area contributed by atoms with E-state index in [4.69, 9.17) is 15.7 Å². The van der Waals surface area contributed by atoms with Gasteiger partial charge < -0.3 is 10.6 Å². The molecular formula is C22H25N5OS. The fourth-order valence-electron chi connectivity index (χ4n) is 4.58. The number of primary amides is 1. The van der Waals surface area contributed by atoms with Crippen LogP contribution < -0.4 is 10.6 Å². The zero-order valence-electron chi connectivity index (χ0n) is 16.6. The summed E-state index contributed by atoms with van der Waals surface area (Å²) in [6, 6.07) is 3.91. The summed E-state index contributed by atoms with van der Waals surface area (Å²) in [6.07, 6.45) is 8.76. The van der Waals surface area contributed by atoms with Gasteiger partial charge in [0.25, 0.3) is 0 Å². The molecule has 1 aliphatic heterocycles. The molecule has 2 aliphatic rings. The number of hydrogen-bond donors (Lipinski definition) is 1. The highest BCUT2D eigenvalue weighted by Crippen LogP contribution is 2.42. The summed E-state index contributed by atoms with van der Waals surface area (Å²) < 4.78 is 0. The third kappa shape index (κ3) is 3.37. The van der Waals surface area contributed by atoms with Crippen molar-refractivity contribution < 1.29 is 4.79 Å². The summed E-state index contributed by atoms with van der Waals surface area (Å²) in [5.74, 6) is 2.04. The average Bonchev–Trinajstić information content (AvgIpc) is 3.11. The molecule has 3 aromatic heterocycles. The van der Waals surface area contributed by atoms with Gasteiger partial charge in [0.2, 0.25) is 5.91 Å².